The van der Waals surface area contributed by atoms with E-state index >= 15 is 0 Å². The predicted molar refractivity (Wildman–Crippen MR) is 78.1 cm³/mol. The number of methoxy groups -OCH3 is 2. The average Bonchev–Trinajstić information content (AvgIpc) is 2.52. The van der Waals surface area contributed by atoms with Crippen LogP contribution < -0.4 is 14.8 Å². The molecule has 2 aromatic rings. The largest absolute Gasteiger partial charge is 0.497 e. The molecule has 1 aromatic heterocycles. The van der Waals surface area contributed by atoms with Gasteiger partial charge in [0.1, 0.15) is 11.5 Å². The molecule has 110 valence electrons. The minimum absolute atomic E-state index is 0.168. The molecule has 0 atom stereocenters. The van der Waals surface area contributed by atoms with Gasteiger partial charge in [-0.3, -0.25) is 4.98 Å². The number of aromatic carboxylic acids is 1. The summed E-state index contributed by atoms with van der Waals surface area (Å²) in [6, 6.07) is 8.67. The number of carbonyl (C=O) groups is 1. The number of aromatic nitrogens is 1. The number of benzene rings is 1. The Morgan fingerprint density at radius 3 is 2.33 bits per heavy atom. The second-order valence-electron chi connectivity index (χ2n) is 4.30. The van der Waals surface area contributed by atoms with E-state index in [2.05, 4.69) is 10.3 Å². The van der Waals surface area contributed by atoms with Crippen molar-refractivity contribution in [3.63, 3.8) is 0 Å². The van der Waals surface area contributed by atoms with Crippen molar-refractivity contribution in [2.75, 3.05) is 19.5 Å². The number of anilines is 1. The van der Waals surface area contributed by atoms with Crippen LogP contribution in [0.2, 0.25) is 0 Å². The Bertz CT molecular complexity index is 604. The third-order valence-corrected chi connectivity index (χ3v) is 2.90. The lowest BCUT2D eigenvalue weighted by Crippen LogP contribution is -2.04. The lowest BCUT2D eigenvalue weighted by atomic mass is 10.2. The van der Waals surface area contributed by atoms with E-state index in [9.17, 15) is 4.79 Å². The van der Waals surface area contributed by atoms with Gasteiger partial charge in [-0.05, 0) is 12.1 Å². The molecule has 1 aromatic carbocycles. The molecule has 0 aliphatic carbocycles. The van der Waals surface area contributed by atoms with Crippen LogP contribution in [-0.4, -0.2) is 30.3 Å². The predicted octanol–water partition coefficient (Wildman–Crippen LogP) is 2.41. The van der Waals surface area contributed by atoms with Gasteiger partial charge in [-0.25, -0.2) is 4.79 Å². The fourth-order valence-electron chi connectivity index (χ4n) is 1.76. The molecule has 0 aliphatic rings. The molecule has 0 aliphatic heterocycles. The number of hydrogen-bond donors (Lipinski definition) is 2. The Labute approximate surface area is 122 Å². The molecule has 0 saturated carbocycles. The van der Waals surface area contributed by atoms with E-state index in [1.165, 1.54) is 12.3 Å². The summed E-state index contributed by atoms with van der Waals surface area (Å²) in [4.78, 5) is 14.8. The first kappa shape index (κ1) is 14.6. The highest BCUT2D eigenvalue weighted by atomic mass is 16.5. The van der Waals surface area contributed by atoms with Crippen LogP contribution in [-0.2, 0) is 6.54 Å². The van der Waals surface area contributed by atoms with Crippen molar-refractivity contribution >= 4 is 11.7 Å². The molecule has 0 amide bonds. The van der Waals surface area contributed by atoms with Gasteiger partial charge in [0.2, 0.25) is 0 Å². The Morgan fingerprint density at radius 1 is 1.19 bits per heavy atom. The van der Waals surface area contributed by atoms with Crippen LogP contribution in [0.25, 0.3) is 0 Å². The van der Waals surface area contributed by atoms with E-state index in [0.717, 1.165) is 11.4 Å². The number of hydrogen-bond acceptors (Lipinski definition) is 5. The lowest BCUT2D eigenvalue weighted by Gasteiger charge is -2.10. The lowest BCUT2D eigenvalue weighted by molar-refractivity contribution is 0.0696. The zero-order valence-corrected chi connectivity index (χ0v) is 11.8. The van der Waals surface area contributed by atoms with Crippen molar-refractivity contribution in [1.82, 2.24) is 4.98 Å². The molecule has 2 rings (SSSR count). The summed E-state index contributed by atoms with van der Waals surface area (Å²) in [5, 5.41) is 12.0. The molecule has 0 saturated heterocycles. The minimum atomic E-state index is -0.987. The van der Waals surface area contributed by atoms with Gasteiger partial charge in [0.25, 0.3) is 0 Å². The summed E-state index contributed by atoms with van der Waals surface area (Å²) in [5.74, 6) is 0.386. The van der Waals surface area contributed by atoms with Crippen LogP contribution in [0.4, 0.5) is 5.69 Å². The van der Waals surface area contributed by atoms with Crippen molar-refractivity contribution in [2.24, 2.45) is 0 Å². The van der Waals surface area contributed by atoms with Gasteiger partial charge in [-0.15, -0.1) is 0 Å². The quantitative estimate of drug-likeness (QED) is 0.849. The average molecular weight is 288 g/mol. The zero-order chi connectivity index (χ0) is 15.2. The first-order chi connectivity index (χ1) is 10.1. The summed E-state index contributed by atoms with van der Waals surface area (Å²) >= 11 is 0. The van der Waals surface area contributed by atoms with Crippen molar-refractivity contribution in [3.05, 3.63) is 47.8 Å². The van der Waals surface area contributed by atoms with Gasteiger partial charge in [-0.1, -0.05) is 0 Å². The van der Waals surface area contributed by atoms with E-state index in [1.54, 1.807) is 26.4 Å². The highest BCUT2D eigenvalue weighted by Crippen LogP contribution is 2.25. The molecule has 6 nitrogen and oxygen atoms in total. The van der Waals surface area contributed by atoms with E-state index in [-0.39, 0.29) is 5.56 Å². The summed E-state index contributed by atoms with van der Waals surface area (Å²) in [5.41, 5.74) is 1.74. The molecular formula is C15H16N2O4. The maximum Gasteiger partial charge on any atom is 0.337 e. The molecule has 2 N–H and O–H groups in total. The van der Waals surface area contributed by atoms with Crippen molar-refractivity contribution in [2.45, 2.75) is 6.54 Å². The molecular weight excluding hydrogens is 272 g/mol. The molecule has 0 spiro atoms. The SMILES string of the molecule is COc1cc(NCc2ccc(C(=O)O)cn2)cc(OC)c1. The second kappa shape index (κ2) is 6.60. The number of nitrogens with one attached hydrogen (secondary N) is 1. The third-order valence-electron chi connectivity index (χ3n) is 2.90. The summed E-state index contributed by atoms with van der Waals surface area (Å²) in [6.45, 7) is 0.468. The second-order valence-corrected chi connectivity index (χ2v) is 4.30. The summed E-state index contributed by atoms with van der Waals surface area (Å²) in [6.07, 6.45) is 1.34. The van der Waals surface area contributed by atoms with Crippen LogP contribution in [0.1, 0.15) is 16.1 Å². The minimum Gasteiger partial charge on any atom is -0.497 e. The van der Waals surface area contributed by atoms with Gasteiger partial charge in [0.15, 0.2) is 0 Å². The monoisotopic (exact) mass is 288 g/mol. The molecule has 6 heteroatoms. The van der Waals surface area contributed by atoms with Crippen LogP contribution in [0.3, 0.4) is 0 Å². The van der Waals surface area contributed by atoms with Gasteiger partial charge in [-0.2, -0.15) is 0 Å². The van der Waals surface area contributed by atoms with Gasteiger partial charge in [0, 0.05) is 30.1 Å². The number of carboxylic acids is 1. The smallest absolute Gasteiger partial charge is 0.337 e. The van der Waals surface area contributed by atoms with E-state index in [1.807, 2.05) is 12.1 Å². The van der Waals surface area contributed by atoms with Gasteiger partial charge >= 0.3 is 5.97 Å². The molecule has 0 radical (unpaired) electrons. The van der Waals surface area contributed by atoms with Gasteiger partial charge in [0.05, 0.1) is 32.0 Å². The molecule has 1 heterocycles. The van der Waals surface area contributed by atoms with E-state index < -0.39 is 5.97 Å². The van der Waals surface area contributed by atoms with E-state index in [0.29, 0.717) is 18.0 Å². The topological polar surface area (TPSA) is 80.7 Å². The van der Waals surface area contributed by atoms with Gasteiger partial charge < -0.3 is 19.9 Å². The highest BCUT2D eigenvalue weighted by Gasteiger charge is 2.04. The Kier molecular flexibility index (Phi) is 4.61. The standard InChI is InChI=1S/C15H16N2O4/c1-20-13-5-12(6-14(7-13)21-2)17-9-11-4-3-10(8-16-11)15(18)19/h3-8,17H,9H2,1-2H3,(H,18,19). The molecule has 0 unspecified atom stereocenters. The van der Waals surface area contributed by atoms with Crippen molar-refractivity contribution < 1.29 is 19.4 Å². The number of ether oxygens (including phenoxy) is 2. The Hall–Kier alpha value is -2.76. The van der Waals surface area contributed by atoms with E-state index in [4.69, 9.17) is 14.6 Å². The number of carboxylic acid groups (broad SMARTS) is 1. The van der Waals surface area contributed by atoms with Crippen molar-refractivity contribution in [1.29, 1.82) is 0 Å². The fourth-order valence-corrected chi connectivity index (χ4v) is 1.76. The summed E-state index contributed by atoms with van der Waals surface area (Å²) in [7, 11) is 3.18. The first-order valence-electron chi connectivity index (χ1n) is 6.27. The number of nitrogens with zero attached hydrogens (tertiary/aromatic N) is 1. The van der Waals surface area contributed by atoms with Crippen LogP contribution in [0.15, 0.2) is 36.5 Å². The maximum absolute atomic E-state index is 10.7. The molecule has 21 heavy (non-hydrogen) atoms. The summed E-state index contributed by atoms with van der Waals surface area (Å²) < 4.78 is 10.4. The molecule has 0 fully saturated rings. The maximum atomic E-state index is 10.7. The first-order valence-corrected chi connectivity index (χ1v) is 6.27. The van der Waals surface area contributed by atoms with Crippen molar-refractivity contribution in [3.8, 4) is 11.5 Å². The zero-order valence-electron chi connectivity index (χ0n) is 11.8. The number of pyridine rings is 1. The van der Waals surface area contributed by atoms with Crippen LogP contribution in [0.5, 0.6) is 11.5 Å². The third kappa shape index (κ3) is 3.85. The number of rotatable bonds is 6. The Morgan fingerprint density at radius 2 is 1.86 bits per heavy atom. The molecule has 0 bridgehead atoms. The van der Waals surface area contributed by atoms with Crippen LogP contribution in [0, 0.1) is 0 Å². The highest BCUT2D eigenvalue weighted by molar-refractivity contribution is 5.87. The fraction of sp³-hybridized carbons (Fsp3) is 0.200. The Balaban J connectivity index is 2.06. The normalized spacial score (nSPS) is 10.0. The van der Waals surface area contributed by atoms with Crippen LogP contribution >= 0.6 is 0 Å².